The number of carbonyl (C=O) groups excluding carboxylic acids is 2. The zero-order valence-corrected chi connectivity index (χ0v) is 36.6. The van der Waals surface area contributed by atoms with Gasteiger partial charge in [-0.05, 0) is 93.4 Å². The zero-order chi connectivity index (χ0) is 41.0. The van der Waals surface area contributed by atoms with E-state index in [-0.39, 0.29) is 54.3 Å². The number of alkyl halides is 1. The van der Waals surface area contributed by atoms with Crippen LogP contribution in [0.15, 0.2) is 48.6 Å². The number of unbranched alkanes of at least 4 members (excludes halogenated alkanes) is 16. The third-order valence-corrected chi connectivity index (χ3v) is 13.1. The molecule has 5 atom stereocenters. The molecule has 2 aliphatic rings. The molecule has 2 N–H and O–H groups in total. The number of rotatable bonds is 33. The molecule has 0 aromatic heterocycles. The molecule has 0 radical (unpaired) electrons. The Morgan fingerprint density at radius 2 is 1.39 bits per heavy atom. The van der Waals surface area contributed by atoms with E-state index in [0.717, 1.165) is 44.3 Å². The Bertz CT molecular complexity index is 1250. The second kappa shape index (κ2) is 29.8. The molecule has 2 aliphatic carbocycles. The minimum atomic E-state index is -0.472. The van der Waals surface area contributed by atoms with Gasteiger partial charge in [-0.25, -0.2) is 4.79 Å². The summed E-state index contributed by atoms with van der Waals surface area (Å²) in [6.45, 7) is 5.14. The van der Waals surface area contributed by atoms with Crippen molar-refractivity contribution in [1.82, 2.24) is 0 Å². The predicted molar refractivity (Wildman–Crippen MR) is 234 cm³/mol. The van der Waals surface area contributed by atoms with Gasteiger partial charge in [0.05, 0.1) is 24.4 Å². The zero-order valence-electron chi connectivity index (χ0n) is 35.8. The molecule has 2 saturated carbocycles. The van der Waals surface area contributed by atoms with Crippen LogP contribution in [0, 0.1) is 17.3 Å². The number of halogens is 1. The van der Waals surface area contributed by atoms with Gasteiger partial charge in [0.1, 0.15) is 19.0 Å². The van der Waals surface area contributed by atoms with E-state index in [4.69, 9.17) is 25.8 Å². The molecule has 1 aromatic rings. The van der Waals surface area contributed by atoms with Crippen LogP contribution in [0.3, 0.4) is 0 Å². The van der Waals surface area contributed by atoms with Crippen LogP contribution in [0.5, 0.6) is 5.75 Å². The fourth-order valence-electron chi connectivity index (χ4n) is 8.54. The molecular formula is C49H79ClO7. The molecule has 0 heterocycles. The highest BCUT2D eigenvalue weighted by Gasteiger charge is 2.42. The number of ether oxygens (including phenoxy) is 3. The Balaban J connectivity index is 1.14. The topological polar surface area (TPSA) is 102 Å². The quantitative estimate of drug-likeness (QED) is 0.0315. The summed E-state index contributed by atoms with van der Waals surface area (Å²) in [7, 11) is 0. The van der Waals surface area contributed by atoms with Crippen molar-refractivity contribution in [3.05, 3.63) is 54.1 Å². The lowest BCUT2D eigenvalue weighted by Crippen LogP contribution is -2.40. The standard InChI is InChI=1S/C49H79ClO7/c1-3-5-6-7-8-9-10-11-12-13-14-15-16-17-20-23-36-55-41-32-30-40(31-33-41)48(54)57-38-37-56-47(53)29-22-19-18-21-26-42-43(45(51)39-44(42)50)27-24-28-46(52)49(4-2)34-25-35-49/h18,21,24,27,30-33,42-46,51-52H,3-17,19-20,22-23,25-26,28-29,34-39H2,1-2H3/t42-,43-,44-,45-,46+/m1/s1. The first-order valence-electron chi connectivity index (χ1n) is 23.2. The van der Waals surface area contributed by atoms with Gasteiger partial charge < -0.3 is 24.4 Å². The Morgan fingerprint density at radius 1 is 0.789 bits per heavy atom. The second-order valence-corrected chi connectivity index (χ2v) is 17.5. The molecule has 0 unspecified atom stereocenters. The first-order chi connectivity index (χ1) is 27.8. The summed E-state index contributed by atoms with van der Waals surface area (Å²) in [4.78, 5) is 24.6. The number of esters is 2. The Kier molecular flexibility index (Phi) is 25.6. The summed E-state index contributed by atoms with van der Waals surface area (Å²) in [5.41, 5.74) is 0.508. The molecule has 7 nitrogen and oxygen atoms in total. The number of hydrogen-bond donors (Lipinski definition) is 2. The molecule has 0 saturated heterocycles. The molecule has 0 amide bonds. The van der Waals surface area contributed by atoms with Gasteiger partial charge in [0.15, 0.2) is 0 Å². The van der Waals surface area contributed by atoms with Gasteiger partial charge in [-0.3, -0.25) is 4.79 Å². The number of allylic oxidation sites excluding steroid dienone is 2. The molecule has 57 heavy (non-hydrogen) atoms. The van der Waals surface area contributed by atoms with Crippen LogP contribution < -0.4 is 4.74 Å². The van der Waals surface area contributed by atoms with Crippen molar-refractivity contribution in [2.45, 2.75) is 198 Å². The van der Waals surface area contributed by atoms with Crippen molar-refractivity contribution in [2.75, 3.05) is 19.8 Å². The molecule has 8 heteroatoms. The van der Waals surface area contributed by atoms with Crippen LogP contribution in [-0.4, -0.2) is 59.6 Å². The molecule has 0 bridgehead atoms. The van der Waals surface area contributed by atoms with Crippen molar-refractivity contribution in [3.63, 3.8) is 0 Å². The van der Waals surface area contributed by atoms with Gasteiger partial charge in [-0.2, -0.15) is 0 Å². The minimum absolute atomic E-state index is 0.00284. The summed E-state index contributed by atoms with van der Waals surface area (Å²) in [6, 6.07) is 6.99. The second-order valence-electron chi connectivity index (χ2n) is 16.9. The third-order valence-electron chi connectivity index (χ3n) is 12.6. The summed E-state index contributed by atoms with van der Waals surface area (Å²) in [5.74, 6) is 0.0819. The van der Waals surface area contributed by atoms with E-state index in [1.807, 2.05) is 6.08 Å². The highest BCUT2D eigenvalue weighted by molar-refractivity contribution is 6.21. The highest BCUT2D eigenvalue weighted by Crippen LogP contribution is 2.48. The maximum Gasteiger partial charge on any atom is 0.338 e. The Hall–Kier alpha value is -2.35. The fraction of sp³-hybridized carbons (Fsp3) is 0.755. The number of aliphatic hydroxyl groups is 2. The third kappa shape index (κ3) is 19.5. The SMILES string of the molecule is CCCCCCCCCCCCCCCCCCOc1ccc(C(=O)OCCOC(=O)CCCC=CC[C@@H]2[C@@H](C=CC[C@H](O)C3(CC)CCC3)[C@H](O)C[C@H]2Cl)cc1. The maximum atomic E-state index is 12.4. The van der Waals surface area contributed by atoms with E-state index in [9.17, 15) is 19.8 Å². The van der Waals surface area contributed by atoms with E-state index in [1.54, 1.807) is 24.3 Å². The van der Waals surface area contributed by atoms with Crippen LogP contribution in [-0.2, 0) is 14.3 Å². The number of aliphatic hydroxyl groups excluding tert-OH is 2. The molecule has 2 fully saturated rings. The molecule has 0 spiro atoms. The van der Waals surface area contributed by atoms with E-state index < -0.39 is 12.1 Å². The lowest BCUT2D eigenvalue weighted by atomic mass is 9.63. The summed E-state index contributed by atoms with van der Waals surface area (Å²) in [6.07, 6.45) is 37.0. The van der Waals surface area contributed by atoms with Crippen LogP contribution in [0.4, 0.5) is 0 Å². The molecule has 1 aromatic carbocycles. The van der Waals surface area contributed by atoms with Gasteiger partial charge in [0, 0.05) is 17.7 Å². The average Bonchev–Trinajstić information content (AvgIpc) is 3.46. The van der Waals surface area contributed by atoms with Gasteiger partial charge in [-0.1, -0.05) is 141 Å². The van der Waals surface area contributed by atoms with Gasteiger partial charge in [-0.15, -0.1) is 11.6 Å². The van der Waals surface area contributed by atoms with Crippen molar-refractivity contribution in [1.29, 1.82) is 0 Å². The number of benzene rings is 1. The maximum absolute atomic E-state index is 12.4. The summed E-state index contributed by atoms with van der Waals surface area (Å²) >= 11 is 6.62. The first-order valence-corrected chi connectivity index (χ1v) is 23.6. The summed E-state index contributed by atoms with van der Waals surface area (Å²) < 4.78 is 16.4. The van der Waals surface area contributed by atoms with E-state index >= 15 is 0 Å². The lowest BCUT2D eigenvalue weighted by molar-refractivity contribution is -0.144. The molecule has 3 rings (SSSR count). The van der Waals surface area contributed by atoms with Crippen LogP contribution in [0.2, 0.25) is 0 Å². The largest absolute Gasteiger partial charge is 0.494 e. The fourth-order valence-corrected chi connectivity index (χ4v) is 8.99. The lowest BCUT2D eigenvalue weighted by Gasteiger charge is -2.45. The molecule has 324 valence electrons. The van der Waals surface area contributed by atoms with Crippen molar-refractivity contribution >= 4 is 23.5 Å². The highest BCUT2D eigenvalue weighted by atomic mass is 35.5. The molecule has 0 aliphatic heterocycles. The van der Waals surface area contributed by atoms with E-state index in [2.05, 4.69) is 32.1 Å². The van der Waals surface area contributed by atoms with Gasteiger partial charge >= 0.3 is 11.9 Å². The van der Waals surface area contributed by atoms with Gasteiger partial charge in [0.2, 0.25) is 0 Å². The predicted octanol–water partition coefficient (Wildman–Crippen LogP) is 12.6. The van der Waals surface area contributed by atoms with Crippen molar-refractivity contribution in [3.8, 4) is 5.75 Å². The molecular weight excluding hydrogens is 736 g/mol. The number of hydrogen-bond acceptors (Lipinski definition) is 7. The van der Waals surface area contributed by atoms with Gasteiger partial charge in [0.25, 0.3) is 0 Å². The van der Waals surface area contributed by atoms with E-state index in [0.29, 0.717) is 31.4 Å². The van der Waals surface area contributed by atoms with E-state index in [1.165, 1.54) is 103 Å². The normalized spacial score (nSPS) is 20.9. The number of carbonyl (C=O) groups is 2. The Labute approximate surface area is 351 Å². The minimum Gasteiger partial charge on any atom is -0.494 e. The Morgan fingerprint density at radius 3 is 1.96 bits per heavy atom. The summed E-state index contributed by atoms with van der Waals surface area (Å²) in [5, 5.41) is 21.3. The van der Waals surface area contributed by atoms with Crippen LogP contribution in [0.1, 0.15) is 191 Å². The average molecular weight is 816 g/mol. The first kappa shape index (κ1) is 49.0. The van der Waals surface area contributed by atoms with Crippen LogP contribution >= 0.6 is 11.6 Å². The van der Waals surface area contributed by atoms with Crippen LogP contribution in [0.25, 0.3) is 0 Å². The van der Waals surface area contributed by atoms with Crippen molar-refractivity contribution < 1.29 is 34.0 Å². The van der Waals surface area contributed by atoms with Crippen molar-refractivity contribution in [2.24, 2.45) is 17.3 Å². The monoisotopic (exact) mass is 815 g/mol. The smallest absolute Gasteiger partial charge is 0.338 e.